The molecule has 0 aromatic heterocycles. The van der Waals surface area contributed by atoms with Crippen molar-refractivity contribution in [2.45, 2.75) is 44.6 Å². The van der Waals surface area contributed by atoms with Crippen molar-refractivity contribution < 1.29 is 4.79 Å². The maximum atomic E-state index is 11.7. The van der Waals surface area contributed by atoms with Crippen LogP contribution in [0.2, 0.25) is 0 Å². The standard InChI is InChI=1S/C16H23N3O/c17-12-7-8-13(16(18)20)15(10-12)19-9-3-5-11-4-1-2-6-14(11)19/h7-8,10-11,14H,1-6,9,17H2,(H2,18,20). The van der Waals surface area contributed by atoms with E-state index in [0.717, 1.165) is 18.2 Å². The Hall–Kier alpha value is -1.71. The number of carbonyl (C=O) groups excluding carboxylic acids is 1. The second kappa shape index (κ2) is 5.35. The van der Waals surface area contributed by atoms with Gasteiger partial charge in [0, 0.05) is 18.3 Å². The number of carbonyl (C=O) groups is 1. The van der Waals surface area contributed by atoms with Crippen molar-refractivity contribution in [3.63, 3.8) is 0 Å². The topological polar surface area (TPSA) is 72.3 Å². The van der Waals surface area contributed by atoms with Crippen LogP contribution in [0.1, 0.15) is 48.9 Å². The van der Waals surface area contributed by atoms with Gasteiger partial charge in [-0.15, -0.1) is 0 Å². The summed E-state index contributed by atoms with van der Waals surface area (Å²) in [7, 11) is 0. The minimum atomic E-state index is -0.363. The van der Waals surface area contributed by atoms with Crippen molar-refractivity contribution in [1.82, 2.24) is 0 Å². The average molecular weight is 273 g/mol. The largest absolute Gasteiger partial charge is 0.399 e. The van der Waals surface area contributed by atoms with Crippen LogP contribution in [0, 0.1) is 5.92 Å². The van der Waals surface area contributed by atoms with Crippen LogP contribution >= 0.6 is 0 Å². The predicted molar refractivity (Wildman–Crippen MR) is 81.7 cm³/mol. The summed E-state index contributed by atoms with van der Waals surface area (Å²) in [6.45, 7) is 1.00. The number of nitrogens with zero attached hydrogens (tertiary/aromatic N) is 1. The van der Waals surface area contributed by atoms with Gasteiger partial charge in [0.1, 0.15) is 0 Å². The third kappa shape index (κ3) is 2.35. The summed E-state index contributed by atoms with van der Waals surface area (Å²) in [5.74, 6) is 0.401. The summed E-state index contributed by atoms with van der Waals surface area (Å²) in [4.78, 5) is 14.1. The first-order chi connectivity index (χ1) is 9.66. The number of fused-ring (bicyclic) bond motifs is 1. The van der Waals surface area contributed by atoms with E-state index in [2.05, 4.69) is 4.90 Å². The zero-order valence-electron chi connectivity index (χ0n) is 11.8. The fourth-order valence-electron chi connectivity index (χ4n) is 3.92. The SMILES string of the molecule is NC(=O)c1ccc(N)cc1N1CCCC2CCCCC21. The molecule has 4 N–H and O–H groups in total. The number of nitrogen functional groups attached to an aromatic ring is 1. The summed E-state index contributed by atoms with van der Waals surface area (Å²) in [5, 5.41) is 0. The van der Waals surface area contributed by atoms with Gasteiger partial charge in [0.15, 0.2) is 0 Å². The molecular formula is C16H23N3O. The van der Waals surface area contributed by atoms with E-state index < -0.39 is 0 Å². The van der Waals surface area contributed by atoms with Gasteiger partial charge < -0.3 is 16.4 Å². The molecule has 2 aliphatic rings. The van der Waals surface area contributed by atoms with Gasteiger partial charge in [-0.2, -0.15) is 0 Å². The minimum absolute atomic E-state index is 0.363. The van der Waals surface area contributed by atoms with E-state index in [1.54, 1.807) is 12.1 Å². The van der Waals surface area contributed by atoms with Gasteiger partial charge in [0.2, 0.25) is 0 Å². The molecule has 1 amide bonds. The quantitative estimate of drug-likeness (QED) is 0.813. The van der Waals surface area contributed by atoms with Gasteiger partial charge in [0.25, 0.3) is 5.91 Å². The van der Waals surface area contributed by atoms with E-state index in [0.29, 0.717) is 17.3 Å². The van der Waals surface area contributed by atoms with Crippen LogP contribution in [0.3, 0.4) is 0 Å². The zero-order valence-corrected chi connectivity index (χ0v) is 11.8. The van der Waals surface area contributed by atoms with Gasteiger partial charge in [-0.25, -0.2) is 0 Å². The summed E-state index contributed by atoms with van der Waals surface area (Å²) in [6, 6.07) is 5.99. The van der Waals surface area contributed by atoms with Gasteiger partial charge in [-0.3, -0.25) is 4.79 Å². The third-order valence-corrected chi connectivity index (χ3v) is 4.84. The van der Waals surface area contributed by atoms with Crippen LogP contribution in [0.5, 0.6) is 0 Å². The van der Waals surface area contributed by atoms with Gasteiger partial charge >= 0.3 is 0 Å². The summed E-state index contributed by atoms with van der Waals surface area (Å²) in [5.41, 5.74) is 13.7. The van der Waals surface area contributed by atoms with E-state index in [1.807, 2.05) is 6.07 Å². The Balaban J connectivity index is 1.98. The lowest BCUT2D eigenvalue weighted by Crippen LogP contribution is -2.47. The highest BCUT2D eigenvalue weighted by Crippen LogP contribution is 2.39. The van der Waals surface area contributed by atoms with Crippen LogP contribution < -0.4 is 16.4 Å². The molecule has 3 rings (SSSR count). The summed E-state index contributed by atoms with van der Waals surface area (Å²) in [6.07, 6.45) is 7.66. The molecule has 1 aromatic rings. The van der Waals surface area contributed by atoms with Gasteiger partial charge in [-0.1, -0.05) is 12.8 Å². The summed E-state index contributed by atoms with van der Waals surface area (Å²) >= 11 is 0. The highest BCUT2D eigenvalue weighted by Gasteiger charge is 2.34. The van der Waals surface area contributed by atoms with Crippen LogP contribution in [0.15, 0.2) is 18.2 Å². The van der Waals surface area contributed by atoms with Gasteiger partial charge in [-0.05, 0) is 49.8 Å². The molecule has 2 fully saturated rings. The van der Waals surface area contributed by atoms with Crippen molar-refractivity contribution in [2.24, 2.45) is 11.7 Å². The Kier molecular flexibility index (Phi) is 3.55. The van der Waals surface area contributed by atoms with E-state index in [9.17, 15) is 4.79 Å². The molecule has 2 unspecified atom stereocenters. The smallest absolute Gasteiger partial charge is 0.250 e. The Morgan fingerprint density at radius 3 is 2.70 bits per heavy atom. The number of benzene rings is 1. The van der Waals surface area contributed by atoms with Crippen molar-refractivity contribution in [1.29, 1.82) is 0 Å². The molecule has 0 bridgehead atoms. The molecule has 1 aromatic carbocycles. The second-order valence-corrected chi connectivity index (χ2v) is 6.09. The molecule has 0 radical (unpaired) electrons. The molecule has 1 saturated heterocycles. The second-order valence-electron chi connectivity index (χ2n) is 6.09. The normalized spacial score (nSPS) is 26.1. The first-order valence-corrected chi connectivity index (χ1v) is 7.63. The first-order valence-electron chi connectivity index (χ1n) is 7.63. The lowest BCUT2D eigenvalue weighted by molar-refractivity contribution is 0.100. The molecule has 1 aliphatic heterocycles. The average Bonchev–Trinajstić information content (AvgIpc) is 2.46. The van der Waals surface area contributed by atoms with E-state index in [-0.39, 0.29) is 5.91 Å². The molecule has 0 spiro atoms. The molecule has 1 aliphatic carbocycles. The molecule has 108 valence electrons. The predicted octanol–water partition coefficient (Wildman–Crippen LogP) is 2.53. The summed E-state index contributed by atoms with van der Waals surface area (Å²) < 4.78 is 0. The maximum Gasteiger partial charge on any atom is 0.250 e. The Bertz CT molecular complexity index is 512. The Morgan fingerprint density at radius 2 is 1.90 bits per heavy atom. The number of hydrogen-bond acceptors (Lipinski definition) is 3. The van der Waals surface area contributed by atoms with Crippen LogP contribution in [0.25, 0.3) is 0 Å². The fraction of sp³-hybridized carbons (Fsp3) is 0.562. The fourth-order valence-corrected chi connectivity index (χ4v) is 3.92. The van der Waals surface area contributed by atoms with Crippen molar-refractivity contribution >= 4 is 17.3 Å². The third-order valence-electron chi connectivity index (χ3n) is 4.84. The molecule has 20 heavy (non-hydrogen) atoms. The molecule has 1 heterocycles. The minimum Gasteiger partial charge on any atom is -0.399 e. The zero-order chi connectivity index (χ0) is 14.1. The van der Waals surface area contributed by atoms with Gasteiger partial charge in [0.05, 0.1) is 11.3 Å². The van der Waals surface area contributed by atoms with Crippen molar-refractivity contribution in [3.8, 4) is 0 Å². The molecule has 4 nitrogen and oxygen atoms in total. The Labute approximate surface area is 120 Å². The number of hydrogen-bond donors (Lipinski definition) is 2. The number of primary amides is 1. The molecule has 4 heteroatoms. The monoisotopic (exact) mass is 273 g/mol. The van der Waals surface area contributed by atoms with Crippen LogP contribution in [0.4, 0.5) is 11.4 Å². The van der Waals surface area contributed by atoms with Crippen molar-refractivity contribution in [2.75, 3.05) is 17.2 Å². The number of nitrogens with two attached hydrogens (primary N) is 2. The first kappa shape index (κ1) is 13.3. The van der Waals surface area contributed by atoms with E-state index >= 15 is 0 Å². The highest BCUT2D eigenvalue weighted by atomic mass is 16.1. The van der Waals surface area contributed by atoms with Crippen LogP contribution in [-0.2, 0) is 0 Å². The molecule has 2 atom stereocenters. The molecular weight excluding hydrogens is 250 g/mol. The Morgan fingerprint density at radius 1 is 1.15 bits per heavy atom. The van der Waals surface area contributed by atoms with Crippen molar-refractivity contribution in [3.05, 3.63) is 23.8 Å². The number of rotatable bonds is 2. The van der Waals surface area contributed by atoms with E-state index in [1.165, 1.54) is 38.5 Å². The lowest BCUT2D eigenvalue weighted by Gasteiger charge is -2.46. The van der Waals surface area contributed by atoms with Crippen LogP contribution in [-0.4, -0.2) is 18.5 Å². The number of piperidine rings is 1. The maximum absolute atomic E-state index is 11.7. The molecule has 1 saturated carbocycles. The number of amides is 1. The van der Waals surface area contributed by atoms with E-state index in [4.69, 9.17) is 11.5 Å². The lowest BCUT2D eigenvalue weighted by atomic mass is 9.78. The highest BCUT2D eigenvalue weighted by molar-refractivity contribution is 5.99. The number of anilines is 2.